The summed E-state index contributed by atoms with van der Waals surface area (Å²) in [5.41, 5.74) is 6.74. The van der Waals surface area contributed by atoms with Crippen molar-refractivity contribution >= 4 is 51.4 Å². The summed E-state index contributed by atoms with van der Waals surface area (Å²) < 4.78 is 0.706. The van der Waals surface area contributed by atoms with E-state index in [1.807, 2.05) is 43.3 Å². The molecule has 0 radical (unpaired) electrons. The van der Waals surface area contributed by atoms with Crippen molar-refractivity contribution < 1.29 is 14.7 Å². The first kappa shape index (κ1) is 24.7. The van der Waals surface area contributed by atoms with E-state index in [1.165, 1.54) is 0 Å². The van der Waals surface area contributed by atoms with Gasteiger partial charge < -0.3 is 10.4 Å². The summed E-state index contributed by atoms with van der Waals surface area (Å²) in [5.74, 6) is 0.684. The molecule has 3 rings (SSSR count). The Labute approximate surface area is 205 Å². The molecule has 0 aliphatic heterocycles. The molecule has 0 saturated heterocycles. The minimum atomic E-state index is -0.439. The molecule has 0 bridgehead atoms. The lowest BCUT2D eigenvalue weighted by Crippen LogP contribution is -2.21. The van der Waals surface area contributed by atoms with Crippen molar-refractivity contribution in [3.05, 3.63) is 99.0 Å². The number of benzene rings is 3. The second kappa shape index (κ2) is 12.3. The molecule has 33 heavy (non-hydrogen) atoms. The van der Waals surface area contributed by atoms with Crippen molar-refractivity contribution in [1.29, 1.82) is 0 Å². The molecular formula is C25H24BrN3O3S. The molecule has 8 heteroatoms. The normalized spacial score (nSPS) is 10.9. The van der Waals surface area contributed by atoms with E-state index in [0.717, 1.165) is 22.4 Å². The Hall–Kier alpha value is -2.94. The fourth-order valence-corrected chi connectivity index (χ4v) is 3.96. The zero-order chi connectivity index (χ0) is 23.6. The van der Waals surface area contributed by atoms with Crippen LogP contribution in [0.4, 0.5) is 5.69 Å². The Bertz CT molecular complexity index is 1130. The van der Waals surface area contributed by atoms with Gasteiger partial charge in [-0.15, -0.1) is 0 Å². The summed E-state index contributed by atoms with van der Waals surface area (Å²) in [4.78, 5) is 25.5. The molecule has 6 nitrogen and oxygen atoms in total. The van der Waals surface area contributed by atoms with Crippen molar-refractivity contribution in [3.63, 3.8) is 0 Å². The van der Waals surface area contributed by atoms with Crippen LogP contribution in [0.1, 0.15) is 37.4 Å². The largest absolute Gasteiger partial charge is 0.396 e. The van der Waals surface area contributed by atoms with Gasteiger partial charge in [-0.05, 0) is 48.4 Å². The first-order valence-electron chi connectivity index (χ1n) is 10.2. The SMILES string of the molecule is Cc1ccc(C=NNC(=O)c2cc(Br)ccc2NC(=O)c2ccc(CSCCO)cc2)cc1. The van der Waals surface area contributed by atoms with Gasteiger partial charge in [-0.1, -0.05) is 57.9 Å². The summed E-state index contributed by atoms with van der Waals surface area (Å²) in [6.45, 7) is 2.14. The van der Waals surface area contributed by atoms with Crippen molar-refractivity contribution in [2.45, 2.75) is 12.7 Å². The van der Waals surface area contributed by atoms with E-state index in [-0.39, 0.29) is 18.1 Å². The van der Waals surface area contributed by atoms with Gasteiger partial charge in [-0.25, -0.2) is 5.43 Å². The van der Waals surface area contributed by atoms with Crippen LogP contribution in [-0.4, -0.2) is 35.5 Å². The quantitative estimate of drug-likeness (QED) is 0.208. The van der Waals surface area contributed by atoms with Gasteiger partial charge >= 0.3 is 0 Å². The lowest BCUT2D eigenvalue weighted by atomic mass is 10.1. The van der Waals surface area contributed by atoms with Crippen molar-refractivity contribution in [2.24, 2.45) is 5.10 Å². The fraction of sp³-hybridized carbons (Fsp3) is 0.160. The van der Waals surface area contributed by atoms with Crippen LogP contribution >= 0.6 is 27.7 Å². The summed E-state index contributed by atoms with van der Waals surface area (Å²) >= 11 is 5.00. The molecule has 0 saturated carbocycles. The Kier molecular flexibility index (Phi) is 9.24. The minimum Gasteiger partial charge on any atom is -0.396 e. The minimum absolute atomic E-state index is 0.144. The lowest BCUT2D eigenvalue weighted by molar-refractivity contribution is 0.0956. The van der Waals surface area contributed by atoms with E-state index in [9.17, 15) is 9.59 Å². The summed E-state index contributed by atoms with van der Waals surface area (Å²) in [6, 6.07) is 20.1. The highest BCUT2D eigenvalue weighted by molar-refractivity contribution is 9.10. The molecule has 0 fully saturated rings. The molecule has 0 heterocycles. The molecule has 2 amide bonds. The smallest absolute Gasteiger partial charge is 0.273 e. The third kappa shape index (κ3) is 7.56. The van der Waals surface area contributed by atoms with Gasteiger partial charge in [-0.3, -0.25) is 9.59 Å². The molecule has 170 valence electrons. The number of halogens is 1. The van der Waals surface area contributed by atoms with Gasteiger partial charge in [0.1, 0.15) is 0 Å². The number of nitrogens with zero attached hydrogens (tertiary/aromatic N) is 1. The number of carbonyl (C=O) groups is 2. The number of rotatable bonds is 9. The lowest BCUT2D eigenvalue weighted by Gasteiger charge is -2.11. The highest BCUT2D eigenvalue weighted by atomic mass is 79.9. The van der Waals surface area contributed by atoms with Crippen LogP contribution in [0.3, 0.4) is 0 Å². The van der Waals surface area contributed by atoms with Crippen molar-refractivity contribution in [3.8, 4) is 0 Å². The molecule has 0 aliphatic rings. The Morgan fingerprint density at radius 3 is 2.45 bits per heavy atom. The maximum atomic E-state index is 12.7. The van der Waals surface area contributed by atoms with Gasteiger partial charge in [0.2, 0.25) is 0 Å². The van der Waals surface area contributed by atoms with Crippen LogP contribution in [-0.2, 0) is 5.75 Å². The predicted molar refractivity (Wildman–Crippen MR) is 138 cm³/mol. The van der Waals surface area contributed by atoms with Gasteiger partial charge in [0.05, 0.1) is 24.1 Å². The zero-order valence-corrected chi connectivity index (χ0v) is 20.4. The van der Waals surface area contributed by atoms with Gasteiger partial charge in [0.25, 0.3) is 11.8 Å². The number of nitrogens with one attached hydrogen (secondary N) is 2. The summed E-state index contributed by atoms with van der Waals surface area (Å²) in [7, 11) is 0. The second-order valence-corrected chi connectivity index (χ2v) is 9.25. The average molecular weight is 526 g/mol. The van der Waals surface area contributed by atoms with Gasteiger partial charge in [0.15, 0.2) is 0 Å². The fourth-order valence-electron chi connectivity index (χ4n) is 2.89. The first-order valence-corrected chi connectivity index (χ1v) is 12.2. The van der Waals surface area contributed by atoms with E-state index in [1.54, 1.807) is 48.3 Å². The Morgan fingerprint density at radius 2 is 1.76 bits per heavy atom. The summed E-state index contributed by atoms with van der Waals surface area (Å²) in [5, 5.41) is 15.7. The van der Waals surface area contributed by atoms with E-state index in [2.05, 4.69) is 31.8 Å². The number of anilines is 1. The molecule has 0 atom stereocenters. The van der Waals surface area contributed by atoms with Crippen LogP contribution in [0, 0.1) is 6.92 Å². The highest BCUT2D eigenvalue weighted by Gasteiger charge is 2.15. The van der Waals surface area contributed by atoms with Gasteiger partial charge in [0, 0.05) is 21.5 Å². The number of amides is 2. The number of aliphatic hydroxyl groups is 1. The second-order valence-electron chi connectivity index (χ2n) is 7.23. The van der Waals surface area contributed by atoms with Crippen LogP contribution in [0.25, 0.3) is 0 Å². The maximum absolute atomic E-state index is 12.7. The van der Waals surface area contributed by atoms with Crippen LogP contribution in [0.15, 0.2) is 76.3 Å². The number of carbonyl (C=O) groups excluding carboxylic acids is 2. The molecule has 0 spiro atoms. The van der Waals surface area contributed by atoms with E-state index >= 15 is 0 Å². The van der Waals surface area contributed by atoms with Crippen LogP contribution < -0.4 is 10.7 Å². The average Bonchev–Trinajstić information content (AvgIpc) is 2.82. The van der Waals surface area contributed by atoms with Gasteiger partial charge in [-0.2, -0.15) is 16.9 Å². The third-order valence-corrected chi connectivity index (χ3v) is 6.15. The number of aryl methyl sites for hydroxylation is 1. The Balaban J connectivity index is 1.67. The molecule has 0 aromatic heterocycles. The van der Waals surface area contributed by atoms with E-state index in [4.69, 9.17) is 5.11 Å². The topological polar surface area (TPSA) is 90.8 Å². The number of thioether (sulfide) groups is 1. The number of hydrogen-bond donors (Lipinski definition) is 3. The molecule has 0 unspecified atom stereocenters. The summed E-state index contributed by atoms with van der Waals surface area (Å²) in [6.07, 6.45) is 1.56. The van der Waals surface area contributed by atoms with Crippen LogP contribution in [0.5, 0.6) is 0 Å². The number of hydrazone groups is 1. The first-order chi connectivity index (χ1) is 16.0. The highest BCUT2D eigenvalue weighted by Crippen LogP contribution is 2.22. The monoisotopic (exact) mass is 525 g/mol. The molecule has 3 N–H and O–H groups in total. The third-order valence-electron chi connectivity index (χ3n) is 4.65. The zero-order valence-electron chi connectivity index (χ0n) is 18.0. The number of aliphatic hydroxyl groups excluding tert-OH is 1. The maximum Gasteiger partial charge on any atom is 0.273 e. The van der Waals surface area contributed by atoms with Crippen molar-refractivity contribution in [2.75, 3.05) is 17.7 Å². The van der Waals surface area contributed by atoms with E-state index < -0.39 is 5.91 Å². The number of hydrogen-bond acceptors (Lipinski definition) is 5. The van der Waals surface area contributed by atoms with E-state index in [0.29, 0.717) is 21.5 Å². The standard InChI is InChI=1S/C25H24BrN3O3S/c1-17-2-4-18(5-3-17)15-27-29-25(32)22-14-21(26)10-11-23(22)28-24(31)20-8-6-19(7-9-20)16-33-13-12-30/h2-11,14-15,30H,12-13,16H2,1H3,(H,28,31)(H,29,32). The molecule has 3 aromatic carbocycles. The van der Waals surface area contributed by atoms with Crippen molar-refractivity contribution in [1.82, 2.24) is 5.43 Å². The molecule has 3 aromatic rings. The predicted octanol–water partition coefficient (Wildman–Crippen LogP) is 5.00. The Morgan fingerprint density at radius 1 is 1.03 bits per heavy atom. The molecular weight excluding hydrogens is 502 g/mol. The van der Waals surface area contributed by atoms with Crippen LogP contribution in [0.2, 0.25) is 0 Å². The molecule has 0 aliphatic carbocycles.